The number of nitrogens with one attached hydrogen (secondary N) is 1. The third kappa shape index (κ3) is 2.95. The summed E-state index contributed by atoms with van der Waals surface area (Å²) in [5, 5.41) is 11.9. The van der Waals surface area contributed by atoms with Gasteiger partial charge in [0.15, 0.2) is 5.01 Å². The molecule has 1 N–H and O–H groups in total. The molecule has 1 aromatic carbocycles. The van der Waals surface area contributed by atoms with Crippen molar-refractivity contribution in [2.75, 3.05) is 6.54 Å². The number of carbonyl (C=O) groups is 1. The van der Waals surface area contributed by atoms with E-state index in [2.05, 4.69) is 26.8 Å². The third-order valence-electron chi connectivity index (χ3n) is 3.72. The molecule has 3 heterocycles. The maximum absolute atomic E-state index is 12.5. The van der Waals surface area contributed by atoms with Crippen LogP contribution < -0.4 is 5.32 Å². The fourth-order valence-electron chi connectivity index (χ4n) is 2.53. The number of para-hydroxylation sites is 1. The lowest BCUT2D eigenvalue weighted by Crippen LogP contribution is -2.31. The zero-order chi connectivity index (χ0) is 16.4. The molecule has 0 aliphatic rings. The van der Waals surface area contributed by atoms with Crippen molar-refractivity contribution in [1.82, 2.24) is 20.1 Å². The zero-order valence-corrected chi connectivity index (χ0v) is 14.3. The van der Waals surface area contributed by atoms with Gasteiger partial charge in [-0.05, 0) is 40.6 Å². The number of carbonyl (C=O) groups excluding carboxylic acids is 1. The van der Waals surface area contributed by atoms with Gasteiger partial charge in [0.05, 0.1) is 16.3 Å². The Bertz CT molecular complexity index is 877. The van der Waals surface area contributed by atoms with Crippen molar-refractivity contribution in [3.63, 3.8) is 0 Å². The summed E-state index contributed by atoms with van der Waals surface area (Å²) in [6.07, 6.45) is 3.65. The van der Waals surface area contributed by atoms with Crippen LogP contribution in [0.3, 0.4) is 0 Å². The number of hydrogen-bond acceptors (Lipinski definition) is 5. The minimum absolute atomic E-state index is 0.0235. The first-order chi connectivity index (χ1) is 11.8. The van der Waals surface area contributed by atoms with E-state index >= 15 is 0 Å². The van der Waals surface area contributed by atoms with Crippen LogP contribution in [0, 0.1) is 0 Å². The summed E-state index contributed by atoms with van der Waals surface area (Å²) < 4.78 is 2.88. The van der Waals surface area contributed by atoms with Gasteiger partial charge < -0.3 is 5.32 Å². The number of thiophene rings is 1. The number of fused-ring (bicyclic) bond motifs is 1. The molecule has 0 spiro atoms. The molecule has 0 aliphatic carbocycles. The first-order valence-corrected chi connectivity index (χ1v) is 9.22. The van der Waals surface area contributed by atoms with Gasteiger partial charge in [-0.3, -0.25) is 9.48 Å². The smallest absolute Gasteiger partial charge is 0.280 e. The summed E-state index contributed by atoms with van der Waals surface area (Å²) in [5.41, 5.74) is 1.99. The Kier molecular flexibility index (Phi) is 4.10. The Balaban J connectivity index is 1.52. The van der Waals surface area contributed by atoms with Gasteiger partial charge in [0.25, 0.3) is 5.91 Å². The summed E-state index contributed by atoms with van der Waals surface area (Å²) in [5.74, 6) is -0.149. The van der Waals surface area contributed by atoms with Crippen LogP contribution >= 0.6 is 22.7 Å². The standard InChI is InChI=1S/C17H14N4OS2/c22-16(17-20-13-4-1-2-5-15(13)24-17)18-10-14(12-6-9-23-11-12)21-8-3-7-19-21/h1-9,11,14H,10H2,(H,18,22). The summed E-state index contributed by atoms with van der Waals surface area (Å²) in [4.78, 5) is 16.9. The van der Waals surface area contributed by atoms with Crippen molar-refractivity contribution in [3.05, 3.63) is 70.1 Å². The molecule has 1 atom stereocenters. The van der Waals surface area contributed by atoms with Crippen LogP contribution in [-0.4, -0.2) is 27.2 Å². The molecule has 24 heavy (non-hydrogen) atoms. The van der Waals surface area contributed by atoms with Gasteiger partial charge in [-0.15, -0.1) is 11.3 Å². The molecule has 0 saturated carbocycles. The lowest BCUT2D eigenvalue weighted by molar-refractivity contribution is 0.0949. The van der Waals surface area contributed by atoms with Gasteiger partial charge >= 0.3 is 0 Å². The molecule has 0 bridgehead atoms. The number of amides is 1. The van der Waals surface area contributed by atoms with Crippen molar-refractivity contribution in [1.29, 1.82) is 0 Å². The van der Waals surface area contributed by atoms with Crippen molar-refractivity contribution in [2.24, 2.45) is 0 Å². The van der Waals surface area contributed by atoms with E-state index in [0.29, 0.717) is 11.6 Å². The Hall–Kier alpha value is -2.51. The maximum atomic E-state index is 12.5. The number of hydrogen-bond donors (Lipinski definition) is 1. The highest BCUT2D eigenvalue weighted by Crippen LogP contribution is 2.22. The van der Waals surface area contributed by atoms with Gasteiger partial charge in [-0.1, -0.05) is 12.1 Å². The summed E-state index contributed by atoms with van der Waals surface area (Å²) in [6, 6.07) is 11.7. The van der Waals surface area contributed by atoms with Crippen molar-refractivity contribution in [3.8, 4) is 0 Å². The fourth-order valence-corrected chi connectivity index (χ4v) is 4.12. The summed E-state index contributed by atoms with van der Waals surface area (Å²) >= 11 is 3.04. The van der Waals surface area contributed by atoms with Gasteiger partial charge in [0.2, 0.25) is 0 Å². The first-order valence-electron chi connectivity index (χ1n) is 7.46. The molecule has 0 aliphatic heterocycles. The van der Waals surface area contributed by atoms with E-state index in [-0.39, 0.29) is 11.9 Å². The van der Waals surface area contributed by atoms with E-state index < -0.39 is 0 Å². The Labute approximate surface area is 146 Å². The third-order valence-corrected chi connectivity index (χ3v) is 5.45. The van der Waals surface area contributed by atoms with Crippen molar-refractivity contribution >= 4 is 38.8 Å². The molecule has 4 rings (SSSR count). The van der Waals surface area contributed by atoms with Crippen LogP contribution in [0.5, 0.6) is 0 Å². The number of aromatic nitrogens is 3. The average molecular weight is 354 g/mol. The molecule has 0 fully saturated rings. The molecule has 0 saturated heterocycles. The van der Waals surface area contributed by atoms with Crippen LogP contribution in [0.25, 0.3) is 10.2 Å². The molecule has 7 heteroatoms. The summed E-state index contributed by atoms with van der Waals surface area (Å²) in [7, 11) is 0. The molecular weight excluding hydrogens is 340 g/mol. The number of rotatable bonds is 5. The van der Waals surface area contributed by atoms with Gasteiger partial charge in [-0.2, -0.15) is 16.4 Å². The SMILES string of the molecule is O=C(NCC(c1ccsc1)n1cccn1)c1nc2ccccc2s1. The second-order valence-electron chi connectivity index (χ2n) is 5.26. The van der Waals surface area contributed by atoms with E-state index in [9.17, 15) is 4.79 Å². The molecule has 1 amide bonds. The maximum Gasteiger partial charge on any atom is 0.280 e. The topological polar surface area (TPSA) is 59.8 Å². The largest absolute Gasteiger partial charge is 0.347 e. The normalized spacial score (nSPS) is 12.3. The van der Waals surface area contributed by atoms with Crippen LogP contribution in [0.4, 0.5) is 0 Å². The van der Waals surface area contributed by atoms with Crippen LogP contribution in [0.15, 0.2) is 59.6 Å². The van der Waals surface area contributed by atoms with E-state index in [4.69, 9.17) is 0 Å². The highest BCUT2D eigenvalue weighted by molar-refractivity contribution is 7.20. The highest BCUT2D eigenvalue weighted by atomic mass is 32.1. The number of thiazole rings is 1. The van der Waals surface area contributed by atoms with Gasteiger partial charge in [-0.25, -0.2) is 4.98 Å². The lowest BCUT2D eigenvalue weighted by atomic mass is 10.1. The average Bonchev–Trinajstić information content (AvgIpc) is 3.35. The molecule has 4 aromatic rings. The predicted molar refractivity (Wildman–Crippen MR) is 96.6 cm³/mol. The van der Waals surface area contributed by atoms with Gasteiger partial charge in [0, 0.05) is 18.9 Å². The van der Waals surface area contributed by atoms with Crippen LogP contribution in [-0.2, 0) is 0 Å². The molecule has 5 nitrogen and oxygen atoms in total. The van der Waals surface area contributed by atoms with E-state index in [1.165, 1.54) is 11.3 Å². The molecule has 120 valence electrons. The van der Waals surface area contributed by atoms with Crippen LogP contribution in [0.2, 0.25) is 0 Å². The second-order valence-corrected chi connectivity index (χ2v) is 7.07. The van der Waals surface area contributed by atoms with Crippen LogP contribution in [0.1, 0.15) is 21.4 Å². The molecular formula is C17H14N4OS2. The van der Waals surface area contributed by atoms with Crippen molar-refractivity contribution < 1.29 is 4.79 Å². The first kappa shape index (κ1) is 15.0. The number of nitrogens with zero attached hydrogens (tertiary/aromatic N) is 3. The lowest BCUT2D eigenvalue weighted by Gasteiger charge is -2.17. The molecule has 3 aromatic heterocycles. The zero-order valence-electron chi connectivity index (χ0n) is 12.6. The van der Waals surface area contributed by atoms with E-state index in [1.54, 1.807) is 17.5 Å². The monoisotopic (exact) mass is 354 g/mol. The van der Waals surface area contributed by atoms with E-state index in [0.717, 1.165) is 15.8 Å². The Morgan fingerprint density at radius 3 is 2.92 bits per heavy atom. The summed E-state index contributed by atoms with van der Waals surface area (Å²) in [6.45, 7) is 0.465. The molecule has 1 unspecified atom stereocenters. The minimum atomic E-state index is -0.149. The number of benzene rings is 1. The highest BCUT2D eigenvalue weighted by Gasteiger charge is 2.18. The predicted octanol–water partition coefficient (Wildman–Crippen LogP) is 3.57. The minimum Gasteiger partial charge on any atom is -0.347 e. The van der Waals surface area contributed by atoms with E-state index in [1.807, 2.05) is 46.6 Å². The fraction of sp³-hybridized carbons (Fsp3) is 0.118. The van der Waals surface area contributed by atoms with Gasteiger partial charge in [0.1, 0.15) is 0 Å². The Morgan fingerprint density at radius 1 is 1.25 bits per heavy atom. The quantitative estimate of drug-likeness (QED) is 0.596. The molecule has 0 radical (unpaired) electrons. The second kappa shape index (κ2) is 6.54. The Morgan fingerprint density at radius 2 is 2.17 bits per heavy atom. The van der Waals surface area contributed by atoms with Crippen molar-refractivity contribution in [2.45, 2.75) is 6.04 Å².